The normalized spacial score (nSPS) is 27.6. The van der Waals surface area contributed by atoms with Gasteiger partial charge in [0.15, 0.2) is 0 Å². The van der Waals surface area contributed by atoms with Gasteiger partial charge in [-0.05, 0) is 22.6 Å². The van der Waals surface area contributed by atoms with Crippen LogP contribution in [0.5, 0.6) is 0 Å². The second kappa shape index (κ2) is 5.51. The molecule has 0 unspecified atom stereocenters. The Hall–Kier alpha value is -0.710. The maximum atomic E-state index is 11.8. The third-order valence-corrected chi connectivity index (χ3v) is 3.97. The van der Waals surface area contributed by atoms with Crippen molar-refractivity contribution in [2.45, 2.75) is 12.1 Å². The molecule has 1 saturated heterocycles. The van der Waals surface area contributed by atoms with Crippen LogP contribution >= 0.6 is 22.6 Å². The van der Waals surface area contributed by atoms with E-state index in [2.05, 4.69) is 4.98 Å². The van der Waals surface area contributed by atoms with Gasteiger partial charge in [0.05, 0.1) is 35.5 Å². The van der Waals surface area contributed by atoms with E-state index in [0.717, 1.165) is 0 Å². The van der Waals surface area contributed by atoms with Crippen molar-refractivity contribution in [3.63, 3.8) is 0 Å². The molecule has 18 heavy (non-hydrogen) atoms. The minimum Gasteiger partial charge on any atom is -0.396 e. The Labute approximate surface area is 117 Å². The second-order valence-corrected chi connectivity index (χ2v) is 5.29. The number of aliphatic hydroxyl groups excluding tert-OH is 2. The summed E-state index contributed by atoms with van der Waals surface area (Å²) in [7, 11) is 0. The summed E-state index contributed by atoms with van der Waals surface area (Å²) in [5.74, 6) is -0.135. The van der Waals surface area contributed by atoms with Crippen LogP contribution in [0.25, 0.3) is 0 Å². The first-order valence-corrected chi connectivity index (χ1v) is 6.53. The van der Waals surface area contributed by atoms with Crippen LogP contribution in [0.15, 0.2) is 11.0 Å². The van der Waals surface area contributed by atoms with Gasteiger partial charge in [-0.3, -0.25) is 4.57 Å². The molecule has 7 nitrogen and oxygen atoms in total. The third-order valence-electron chi connectivity index (χ3n) is 3.13. The van der Waals surface area contributed by atoms with Gasteiger partial charge in [0.25, 0.3) is 0 Å². The first kappa shape index (κ1) is 13.7. The van der Waals surface area contributed by atoms with Crippen LogP contribution in [-0.2, 0) is 4.74 Å². The predicted octanol–water partition coefficient (Wildman–Crippen LogP) is -1.03. The Morgan fingerprint density at radius 1 is 1.56 bits per heavy atom. The van der Waals surface area contributed by atoms with Crippen LogP contribution in [0.2, 0.25) is 0 Å². The number of hydrogen-bond acceptors (Lipinski definition) is 6. The maximum Gasteiger partial charge on any atom is 0.349 e. The van der Waals surface area contributed by atoms with Gasteiger partial charge in [-0.2, -0.15) is 4.98 Å². The zero-order chi connectivity index (χ0) is 13.3. The van der Waals surface area contributed by atoms with E-state index in [1.54, 1.807) is 6.20 Å². The van der Waals surface area contributed by atoms with Crippen molar-refractivity contribution in [3.8, 4) is 0 Å². The molecule has 1 aliphatic rings. The van der Waals surface area contributed by atoms with Gasteiger partial charge in [-0.15, -0.1) is 0 Å². The first-order chi connectivity index (χ1) is 8.58. The van der Waals surface area contributed by atoms with Crippen molar-refractivity contribution >= 4 is 28.4 Å². The number of aromatic nitrogens is 2. The van der Waals surface area contributed by atoms with Crippen molar-refractivity contribution in [1.82, 2.24) is 9.55 Å². The summed E-state index contributed by atoms with van der Waals surface area (Å²) in [5.41, 5.74) is 5.08. The number of halogens is 1. The number of nitrogens with zero attached hydrogens (tertiary/aromatic N) is 2. The monoisotopic (exact) mass is 367 g/mol. The number of nitrogens with two attached hydrogens (primary N) is 1. The first-order valence-electron chi connectivity index (χ1n) is 5.46. The number of anilines is 1. The molecule has 0 amide bonds. The van der Waals surface area contributed by atoms with Crippen LogP contribution in [0, 0.1) is 9.49 Å². The van der Waals surface area contributed by atoms with E-state index >= 15 is 0 Å². The van der Waals surface area contributed by atoms with Gasteiger partial charge < -0.3 is 20.7 Å². The summed E-state index contributed by atoms with van der Waals surface area (Å²) < 4.78 is 7.44. The molecule has 1 aromatic rings. The van der Waals surface area contributed by atoms with E-state index in [1.807, 2.05) is 22.6 Å². The summed E-state index contributed by atoms with van der Waals surface area (Å²) in [5, 5.41) is 18.5. The van der Waals surface area contributed by atoms with E-state index in [-0.39, 0.29) is 37.6 Å². The molecular formula is C10H14IN3O4. The molecule has 0 bridgehead atoms. The van der Waals surface area contributed by atoms with Gasteiger partial charge in [-0.25, -0.2) is 4.79 Å². The highest BCUT2D eigenvalue weighted by Gasteiger charge is 2.38. The highest BCUT2D eigenvalue weighted by atomic mass is 127. The van der Waals surface area contributed by atoms with Crippen LogP contribution < -0.4 is 11.4 Å². The molecule has 1 aliphatic heterocycles. The summed E-state index contributed by atoms with van der Waals surface area (Å²) >= 11 is 1.99. The fourth-order valence-corrected chi connectivity index (χ4v) is 2.55. The Kier molecular flexibility index (Phi) is 4.20. The lowest BCUT2D eigenvalue weighted by molar-refractivity contribution is 0.0268. The minimum atomic E-state index is -0.474. The zero-order valence-corrected chi connectivity index (χ0v) is 11.6. The molecule has 2 heterocycles. The molecular weight excluding hydrogens is 353 g/mol. The van der Waals surface area contributed by atoms with Crippen molar-refractivity contribution in [2.75, 3.05) is 25.6 Å². The standard InChI is InChI=1S/C10H14IN3O4/c11-6-1-14(10(17)13-9(6)12)7-4-18-8(3-16)5(7)2-15/h1,5,7-8,15-16H,2-4H2,(H2,12,13,17)/t5-,7+,8+/m0/s1. The average molecular weight is 367 g/mol. The highest BCUT2D eigenvalue weighted by molar-refractivity contribution is 14.1. The topological polar surface area (TPSA) is 111 Å². The van der Waals surface area contributed by atoms with Crippen molar-refractivity contribution < 1.29 is 14.9 Å². The average Bonchev–Trinajstić information content (AvgIpc) is 2.76. The number of hydrogen-bond donors (Lipinski definition) is 3. The SMILES string of the molecule is Nc1nc(=O)n([C@@H]2CO[C@H](CO)[C@H]2CO)cc1I. The molecule has 0 radical (unpaired) electrons. The molecule has 1 aromatic heterocycles. The summed E-state index contributed by atoms with van der Waals surface area (Å²) in [6.07, 6.45) is 1.14. The lowest BCUT2D eigenvalue weighted by atomic mass is 9.98. The van der Waals surface area contributed by atoms with E-state index in [1.165, 1.54) is 4.57 Å². The maximum absolute atomic E-state index is 11.8. The minimum absolute atomic E-state index is 0.163. The molecule has 0 spiro atoms. The Balaban J connectivity index is 2.37. The lowest BCUT2D eigenvalue weighted by Crippen LogP contribution is -2.35. The van der Waals surface area contributed by atoms with Crippen LogP contribution in [-0.4, -0.2) is 45.7 Å². The van der Waals surface area contributed by atoms with E-state index in [9.17, 15) is 9.90 Å². The quantitative estimate of drug-likeness (QED) is 0.590. The van der Waals surface area contributed by atoms with E-state index in [0.29, 0.717) is 3.57 Å². The van der Waals surface area contributed by atoms with Crippen molar-refractivity contribution in [3.05, 3.63) is 20.3 Å². The molecule has 2 rings (SSSR count). The molecule has 4 N–H and O–H groups in total. The van der Waals surface area contributed by atoms with Gasteiger partial charge in [0.2, 0.25) is 0 Å². The van der Waals surface area contributed by atoms with Crippen LogP contribution in [0.1, 0.15) is 6.04 Å². The molecule has 0 saturated carbocycles. The second-order valence-electron chi connectivity index (χ2n) is 4.13. The highest BCUT2D eigenvalue weighted by Crippen LogP contribution is 2.30. The Morgan fingerprint density at radius 2 is 2.28 bits per heavy atom. The fraction of sp³-hybridized carbons (Fsp3) is 0.600. The van der Waals surface area contributed by atoms with Crippen molar-refractivity contribution in [2.24, 2.45) is 5.92 Å². The van der Waals surface area contributed by atoms with Gasteiger partial charge in [0, 0.05) is 12.1 Å². The molecule has 1 fully saturated rings. The van der Waals surface area contributed by atoms with Crippen molar-refractivity contribution in [1.29, 1.82) is 0 Å². The largest absolute Gasteiger partial charge is 0.396 e. The molecule has 0 aliphatic carbocycles. The number of ether oxygens (including phenoxy) is 1. The summed E-state index contributed by atoms with van der Waals surface area (Å²) in [6, 6.07) is -0.332. The van der Waals surface area contributed by atoms with E-state index in [4.69, 9.17) is 15.6 Å². The molecule has 3 atom stereocenters. The third kappa shape index (κ3) is 2.37. The summed E-state index contributed by atoms with van der Waals surface area (Å²) in [4.78, 5) is 15.5. The summed E-state index contributed by atoms with van der Waals surface area (Å²) in [6.45, 7) is -0.0860. The van der Waals surface area contributed by atoms with E-state index < -0.39 is 11.8 Å². The Morgan fingerprint density at radius 3 is 2.89 bits per heavy atom. The predicted molar refractivity (Wildman–Crippen MR) is 72.1 cm³/mol. The number of nitrogen functional groups attached to an aromatic ring is 1. The lowest BCUT2D eigenvalue weighted by Gasteiger charge is -2.21. The van der Waals surface area contributed by atoms with Crippen LogP contribution in [0.4, 0.5) is 5.82 Å². The smallest absolute Gasteiger partial charge is 0.349 e. The molecule has 100 valence electrons. The fourth-order valence-electron chi connectivity index (χ4n) is 2.13. The van der Waals surface area contributed by atoms with Crippen LogP contribution in [0.3, 0.4) is 0 Å². The zero-order valence-electron chi connectivity index (χ0n) is 9.49. The number of rotatable bonds is 3. The Bertz CT molecular complexity index is 493. The molecule has 8 heteroatoms. The van der Waals surface area contributed by atoms with Gasteiger partial charge in [0.1, 0.15) is 5.82 Å². The van der Waals surface area contributed by atoms with Gasteiger partial charge >= 0.3 is 5.69 Å². The molecule has 0 aromatic carbocycles. The number of aliphatic hydroxyl groups is 2. The van der Waals surface area contributed by atoms with Gasteiger partial charge in [-0.1, -0.05) is 0 Å².